The largest absolute Gasteiger partial charge is 0.106 e. The van der Waals surface area contributed by atoms with Crippen LogP contribution in [0.5, 0.6) is 0 Å². The molecule has 0 saturated carbocycles. The molecule has 0 bridgehead atoms. The zero-order chi connectivity index (χ0) is 8.53. The highest BCUT2D eigenvalue weighted by molar-refractivity contribution is 5.27. The molecule has 0 spiro atoms. The van der Waals surface area contributed by atoms with Crippen molar-refractivity contribution in [2.75, 3.05) is 0 Å². The van der Waals surface area contributed by atoms with Crippen LogP contribution < -0.4 is 0 Å². The highest BCUT2D eigenvalue weighted by Crippen LogP contribution is 2.01. The molecule has 0 aliphatic heterocycles. The fourth-order valence-electron chi connectivity index (χ4n) is 0.729. The Morgan fingerprint density at radius 3 is 2.73 bits per heavy atom. The van der Waals surface area contributed by atoms with Crippen molar-refractivity contribution in [2.24, 2.45) is 0 Å². The third-order valence-corrected chi connectivity index (χ3v) is 1.18. The van der Waals surface area contributed by atoms with E-state index < -0.39 is 0 Å². The highest BCUT2D eigenvalue weighted by Gasteiger charge is 1.84. The molecule has 0 aliphatic rings. The first-order valence-electron chi connectivity index (χ1n) is 3.69. The van der Waals surface area contributed by atoms with Gasteiger partial charge in [-0.2, -0.15) is 0 Å². The Bertz CT molecular complexity index is 218. The van der Waals surface area contributed by atoms with Crippen molar-refractivity contribution in [1.29, 1.82) is 0 Å². The maximum absolute atomic E-state index is 3.63. The van der Waals surface area contributed by atoms with E-state index in [-0.39, 0.29) is 0 Å². The van der Waals surface area contributed by atoms with Crippen LogP contribution in [0.25, 0.3) is 0 Å². The van der Waals surface area contributed by atoms with Gasteiger partial charge in [0.25, 0.3) is 0 Å². The van der Waals surface area contributed by atoms with E-state index in [0.717, 1.165) is 6.42 Å². The SMILES string of the molecule is C=C/C=C(\C=C/C)CC#CC. The lowest BCUT2D eigenvalue weighted by Crippen LogP contribution is -1.73. The molecule has 58 valence electrons. The molecular weight excluding hydrogens is 132 g/mol. The van der Waals surface area contributed by atoms with Gasteiger partial charge in [-0.25, -0.2) is 0 Å². The van der Waals surface area contributed by atoms with Crippen molar-refractivity contribution < 1.29 is 0 Å². The van der Waals surface area contributed by atoms with Crippen LogP contribution in [0.3, 0.4) is 0 Å². The Kier molecular flexibility index (Phi) is 6.13. The van der Waals surface area contributed by atoms with E-state index in [1.807, 2.05) is 32.1 Å². The topological polar surface area (TPSA) is 0 Å². The van der Waals surface area contributed by atoms with E-state index in [1.54, 1.807) is 6.08 Å². The Labute approximate surface area is 69.3 Å². The number of rotatable bonds is 3. The first-order chi connectivity index (χ1) is 5.35. The Morgan fingerprint density at radius 2 is 2.27 bits per heavy atom. The van der Waals surface area contributed by atoms with Crippen molar-refractivity contribution in [1.82, 2.24) is 0 Å². The molecule has 0 atom stereocenters. The van der Waals surface area contributed by atoms with E-state index in [1.165, 1.54) is 5.57 Å². The van der Waals surface area contributed by atoms with Gasteiger partial charge in [-0.05, 0) is 19.4 Å². The van der Waals surface area contributed by atoms with Crippen LogP contribution in [0.1, 0.15) is 20.3 Å². The Balaban J connectivity index is 4.18. The summed E-state index contributed by atoms with van der Waals surface area (Å²) in [5, 5.41) is 0. The minimum Gasteiger partial charge on any atom is -0.106 e. The van der Waals surface area contributed by atoms with Crippen LogP contribution in [-0.2, 0) is 0 Å². The van der Waals surface area contributed by atoms with Gasteiger partial charge in [-0.15, -0.1) is 5.92 Å². The van der Waals surface area contributed by atoms with Gasteiger partial charge in [-0.1, -0.05) is 36.8 Å². The summed E-state index contributed by atoms with van der Waals surface area (Å²) in [6.07, 6.45) is 8.63. The van der Waals surface area contributed by atoms with E-state index in [9.17, 15) is 0 Å². The molecule has 0 nitrogen and oxygen atoms in total. The summed E-state index contributed by atoms with van der Waals surface area (Å²) < 4.78 is 0. The lowest BCUT2D eigenvalue weighted by atomic mass is 10.1. The molecule has 0 aromatic carbocycles. The molecule has 0 aromatic heterocycles. The predicted molar refractivity (Wildman–Crippen MR) is 51.2 cm³/mol. The zero-order valence-electron chi connectivity index (χ0n) is 7.22. The minimum absolute atomic E-state index is 0.812. The molecule has 0 fully saturated rings. The van der Waals surface area contributed by atoms with Crippen molar-refractivity contribution in [2.45, 2.75) is 20.3 Å². The lowest BCUT2D eigenvalue weighted by Gasteiger charge is -1.91. The fraction of sp³-hybridized carbons (Fsp3) is 0.273. The second kappa shape index (κ2) is 6.89. The molecule has 11 heavy (non-hydrogen) atoms. The van der Waals surface area contributed by atoms with Gasteiger partial charge in [0.2, 0.25) is 0 Å². The zero-order valence-corrected chi connectivity index (χ0v) is 7.22. The molecule has 0 heterocycles. The first-order valence-corrected chi connectivity index (χ1v) is 3.69. The maximum atomic E-state index is 3.63. The first kappa shape index (κ1) is 9.78. The molecule has 0 unspecified atom stereocenters. The van der Waals surface area contributed by atoms with Gasteiger partial charge in [0.15, 0.2) is 0 Å². The van der Waals surface area contributed by atoms with Gasteiger partial charge < -0.3 is 0 Å². The second-order valence-electron chi connectivity index (χ2n) is 2.08. The van der Waals surface area contributed by atoms with Gasteiger partial charge in [0.1, 0.15) is 0 Å². The summed E-state index contributed by atoms with van der Waals surface area (Å²) in [6.45, 7) is 7.48. The monoisotopic (exact) mass is 146 g/mol. The Hall–Kier alpha value is -1.22. The normalized spacial score (nSPS) is 10.9. The summed E-state index contributed by atoms with van der Waals surface area (Å²) in [4.78, 5) is 0. The molecule has 0 amide bonds. The molecule has 0 N–H and O–H groups in total. The highest BCUT2D eigenvalue weighted by atomic mass is 13.9. The molecule has 0 heteroatoms. The van der Waals surface area contributed by atoms with E-state index in [2.05, 4.69) is 18.4 Å². The van der Waals surface area contributed by atoms with Crippen LogP contribution >= 0.6 is 0 Å². The molecule has 0 aromatic rings. The molecule has 0 rings (SSSR count). The summed E-state index contributed by atoms with van der Waals surface area (Å²) in [7, 11) is 0. The van der Waals surface area contributed by atoms with Gasteiger partial charge in [-0.3, -0.25) is 0 Å². The molecule has 0 saturated heterocycles. The van der Waals surface area contributed by atoms with Crippen LogP contribution in [0.15, 0.2) is 36.5 Å². The van der Waals surface area contributed by atoms with Crippen molar-refractivity contribution in [3.63, 3.8) is 0 Å². The van der Waals surface area contributed by atoms with Crippen LogP contribution in [0.2, 0.25) is 0 Å². The summed E-state index contributed by atoms with van der Waals surface area (Å²) >= 11 is 0. The van der Waals surface area contributed by atoms with E-state index in [4.69, 9.17) is 0 Å². The quantitative estimate of drug-likeness (QED) is 0.424. The van der Waals surface area contributed by atoms with Gasteiger partial charge in [0, 0.05) is 6.42 Å². The smallest absolute Gasteiger partial charge is 0.0340 e. The van der Waals surface area contributed by atoms with E-state index >= 15 is 0 Å². The summed E-state index contributed by atoms with van der Waals surface area (Å²) in [5.74, 6) is 5.86. The predicted octanol–water partition coefficient (Wildman–Crippen LogP) is 3.09. The summed E-state index contributed by atoms with van der Waals surface area (Å²) in [6, 6.07) is 0. The lowest BCUT2D eigenvalue weighted by molar-refractivity contribution is 1.33. The van der Waals surface area contributed by atoms with Crippen molar-refractivity contribution in [3.05, 3.63) is 36.5 Å². The maximum Gasteiger partial charge on any atom is 0.0340 e. The molecule has 0 aliphatic carbocycles. The molecule has 0 radical (unpaired) electrons. The van der Waals surface area contributed by atoms with Crippen LogP contribution in [0, 0.1) is 11.8 Å². The van der Waals surface area contributed by atoms with Gasteiger partial charge in [0.05, 0.1) is 0 Å². The average molecular weight is 146 g/mol. The number of allylic oxidation sites excluding steroid dienone is 5. The van der Waals surface area contributed by atoms with Crippen molar-refractivity contribution >= 4 is 0 Å². The number of hydrogen-bond acceptors (Lipinski definition) is 0. The third-order valence-electron chi connectivity index (χ3n) is 1.18. The molecular formula is C11H14. The Morgan fingerprint density at radius 1 is 1.55 bits per heavy atom. The summed E-state index contributed by atoms with van der Waals surface area (Å²) in [5.41, 5.74) is 1.21. The third kappa shape index (κ3) is 5.24. The number of hydrogen-bond donors (Lipinski definition) is 0. The fourth-order valence-corrected chi connectivity index (χ4v) is 0.729. The van der Waals surface area contributed by atoms with Gasteiger partial charge >= 0.3 is 0 Å². The van der Waals surface area contributed by atoms with Crippen molar-refractivity contribution in [3.8, 4) is 11.8 Å². The average Bonchev–Trinajstić information content (AvgIpc) is 2.01. The van der Waals surface area contributed by atoms with Crippen LogP contribution in [-0.4, -0.2) is 0 Å². The van der Waals surface area contributed by atoms with Crippen LogP contribution in [0.4, 0.5) is 0 Å². The van der Waals surface area contributed by atoms with E-state index in [0.29, 0.717) is 0 Å². The standard InChI is InChI=1S/C11H14/c1-4-7-10-11(8-5-2)9-6-3/h5-6,8-9H,2,10H2,1,3H3/b9-6-,11-8+. The second-order valence-corrected chi connectivity index (χ2v) is 2.08. The minimum atomic E-state index is 0.812.